The van der Waals surface area contributed by atoms with Crippen molar-refractivity contribution >= 4 is 0 Å². The summed E-state index contributed by atoms with van der Waals surface area (Å²) in [5, 5.41) is 9.66. The van der Waals surface area contributed by atoms with Crippen molar-refractivity contribution in [3.05, 3.63) is 23.8 Å². The van der Waals surface area contributed by atoms with Gasteiger partial charge in [0.2, 0.25) is 0 Å². The highest BCUT2D eigenvalue weighted by molar-refractivity contribution is 5.46. The van der Waals surface area contributed by atoms with Crippen LogP contribution in [-0.4, -0.2) is 18.5 Å². The molecule has 0 fully saturated rings. The van der Waals surface area contributed by atoms with Crippen molar-refractivity contribution in [3.8, 4) is 11.5 Å². The van der Waals surface area contributed by atoms with Crippen LogP contribution in [0.2, 0.25) is 0 Å². The molecule has 0 atom stereocenters. The van der Waals surface area contributed by atoms with E-state index in [0.717, 1.165) is 5.56 Å². The molecule has 0 aliphatic heterocycles. The van der Waals surface area contributed by atoms with Crippen LogP contribution in [0.1, 0.15) is 32.3 Å². The van der Waals surface area contributed by atoms with Gasteiger partial charge in [-0.2, -0.15) is 0 Å². The minimum atomic E-state index is 0.168. The molecule has 15 heavy (non-hydrogen) atoms. The van der Waals surface area contributed by atoms with Gasteiger partial charge in [0.05, 0.1) is 0 Å². The number of phenolic OH excluding ortho intramolecular Hbond substituents is 1. The molecule has 0 aromatic heterocycles. The van der Waals surface area contributed by atoms with Gasteiger partial charge in [-0.1, -0.05) is 26.0 Å². The molecular formula is C12H18O3. The quantitative estimate of drug-likeness (QED) is 0.600. The molecule has 0 saturated heterocycles. The standard InChI is InChI=1S/C12H18O3/c1-4-14-8-15-12-10(9(2)3)6-5-7-11(12)13/h5-7,9,13H,4,8H2,1-3H3. The van der Waals surface area contributed by atoms with Crippen LogP contribution in [0.15, 0.2) is 18.2 Å². The van der Waals surface area contributed by atoms with Gasteiger partial charge in [-0.3, -0.25) is 0 Å². The predicted molar refractivity (Wildman–Crippen MR) is 59.3 cm³/mol. The number of benzene rings is 1. The van der Waals surface area contributed by atoms with Crippen LogP contribution < -0.4 is 4.74 Å². The average molecular weight is 210 g/mol. The average Bonchev–Trinajstić information content (AvgIpc) is 2.20. The first-order valence-corrected chi connectivity index (χ1v) is 5.19. The summed E-state index contributed by atoms with van der Waals surface area (Å²) in [7, 11) is 0. The van der Waals surface area contributed by atoms with Gasteiger partial charge in [-0.05, 0) is 18.9 Å². The monoisotopic (exact) mass is 210 g/mol. The summed E-state index contributed by atoms with van der Waals surface area (Å²) in [5.74, 6) is 1.01. The lowest BCUT2D eigenvalue weighted by atomic mass is 10.0. The minimum absolute atomic E-state index is 0.168. The highest BCUT2D eigenvalue weighted by Crippen LogP contribution is 2.34. The van der Waals surface area contributed by atoms with E-state index in [2.05, 4.69) is 13.8 Å². The second-order valence-electron chi connectivity index (χ2n) is 3.61. The normalized spacial score (nSPS) is 10.7. The van der Waals surface area contributed by atoms with Gasteiger partial charge in [0.25, 0.3) is 0 Å². The second kappa shape index (κ2) is 5.61. The summed E-state index contributed by atoms with van der Waals surface area (Å²) < 4.78 is 10.5. The van der Waals surface area contributed by atoms with Gasteiger partial charge in [-0.25, -0.2) is 0 Å². The van der Waals surface area contributed by atoms with E-state index in [1.807, 2.05) is 19.1 Å². The third-order valence-corrected chi connectivity index (χ3v) is 2.14. The van der Waals surface area contributed by atoms with Gasteiger partial charge in [0, 0.05) is 12.2 Å². The molecule has 0 heterocycles. The van der Waals surface area contributed by atoms with Crippen LogP contribution in [0.4, 0.5) is 0 Å². The number of phenols is 1. The van der Waals surface area contributed by atoms with Gasteiger partial charge >= 0.3 is 0 Å². The number of ether oxygens (including phenoxy) is 2. The molecule has 1 rings (SSSR count). The van der Waals surface area contributed by atoms with Gasteiger partial charge in [-0.15, -0.1) is 0 Å². The Kier molecular flexibility index (Phi) is 4.43. The van der Waals surface area contributed by atoms with Crippen molar-refractivity contribution < 1.29 is 14.6 Å². The molecule has 0 amide bonds. The first kappa shape index (κ1) is 11.9. The fraction of sp³-hybridized carbons (Fsp3) is 0.500. The van der Waals surface area contributed by atoms with Gasteiger partial charge in [0.1, 0.15) is 0 Å². The number of hydrogen-bond acceptors (Lipinski definition) is 3. The molecule has 3 heteroatoms. The lowest BCUT2D eigenvalue weighted by Gasteiger charge is -2.14. The Labute approximate surface area is 90.6 Å². The molecule has 1 aromatic rings. The van der Waals surface area contributed by atoms with Crippen LogP contribution in [0.5, 0.6) is 11.5 Å². The zero-order valence-corrected chi connectivity index (χ0v) is 9.49. The van der Waals surface area contributed by atoms with Crippen molar-refractivity contribution in [2.45, 2.75) is 26.7 Å². The molecule has 0 aliphatic rings. The fourth-order valence-electron chi connectivity index (χ4n) is 1.34. The summed E-state index contributed by atoms with van der Waals surface area (Å²) in [6.45, 7) is 6.79. The molecule has 0 radical (unpaired) electrons. The predicted octanol–water partition coefficient (Wildman–Crippen LogP) is 2.89. The first-order chi connectivity index (χ1) is 7.16. The smallest absolute Gasteiger partial charge is 0.189 e. The van der Waals surface area contributed by atoms with Crippen molar-refractivity contribution in [3.63, 3.8) is 0 Å². The number of hydrogen-bond donors (Lipinski definition) is 1. The SMILES string of the molecule is CCOCOc1c(O)cccc1C(C)C. The lowest BCUT2D eigenvalue weighted by Crippen LogP contribution is -2.05. The summed E-state index contributed by atoms with van der Waals surface area (Å²) in [4.78, 5) is 0. The second-order valence-corrected chi connectivity index (χ2v) is 3.61. The molecule has 1 N–H and O–H groups in total. The van der Waals surface area contributed by atoms with Crippen molar-refractivity contribution in [1.82, 2.24) is 0 Å². The zero-order chi connectivity index (χ0) is 11.3. The Balaban J connectivity index is 2.82. The molecule has 0 aliphatic carbocycles. The van der Waals surface area contributed by atoms with E-state index < -0.39 is 0 Å². The highest BCUT2D eigenvalue weighted by atomic mass is 16.7. The van der Waals surface area contributed by atoms with Gasteiger partial charge in [0.15, 0.2) is 18.3 Å². The number of para-hydroxylation sites is 1. The van der Waals surface area contributed by atoms with Crippen LogP contribution in [-0.2, 0) is 4.74 Å². The van der Waals surface area contributed by atoms with E-state index in [0.29, 0.717) is 18.3 Å². The molecule has 0 unspecified atom stereocenters. The van der Waals surface area contributed by atoms with Crippen LogP contribution in [0, 0.1) is 0 Å². The largest absolute Gasteiger partial charge is 0.504 e. The maximum Gasteiger partial charge on any atom is 0.189 e. The van der Waals surface area contributed by atoms with Crippen molar-refractivity contribution in [1.29, 1.82) is 0 Å². The lowest BCUT2D eigenvalue weighted by molar-refractivity contribution is 0.0202. The molecule has 84 valence electrons. The Morgan fingerprint density at radius 2 is 2.07 bits per heavy atom. The summed E-state index contributed by atoms with van der Waals surface area (Å²) in [6, 6.07) is 5.39. The Morgan fingerprint density at radius 3 is 2.67 bits per heavy atom. The zero-order valence-electron chi connectivity index (χ0n) is 9.49. The van der Waals surface area contributed by atoms with E-state index in [1.165, 1.54) is 0 Å². The van der Waals surface area contributed by atoms with E-state index in [4.69, 9.17) is 9.47 Å². The third kappa shape index (κ3) is 3.13. The third-order valence-electron chi connectivity index (χ3n) is 2.14. The Morgan fingerprint density at radius 1 is 1.33 bits per heavy atom. The molecule has 0 saturated carbocycles. The molecule has 3 nitrogen and oxygen atoms in total. The molecule has 1 aromatic carbocycles. The highest BCUT2D eigenvalue weighted by Gasteiger charge is 2.11. The van der Waals surface area contributed by atoms with Crippen LogP contribution in [0.25, 0.3) is 0 Å². The number of aromatic hydroxyl groups is 1. The van der Waals surface area contributed by atoms with Crippen LogP contribution in [0.3, 0.4) is 0 Å². The van der Waals surface area contributed by atoms with E-state index in [9.17, 15) is 5.11 Å². The first-order valence-electron chi connectivity index (χ1n) is 5.19. The topological polar surface area (TPSA) is 38.7 Å². The summed E-state index contributed by atoms with van der Waals surface area (Å²) >= 11 is 0. The Bertz CT molecular complexity index is 308. The van der Waals surface area contributed by atoms with Crippen molar-refractivity contribution in [2.75, 3.05) is 13.4 Å². The maximum absolute atomic E-state index is 9.66. The molecular weight excluding hydrogens is 192 g/mol. The van der Waals surface area contributed by atoms with Crippen LogP contribution >= 0.6 is 0 Å². The summed E-state index contributed by atoms with van der Waals surface area (Å²) in [5.41, 5.74) is 0.995. The summed E-state index contributed by atoms with van der Waals surface area (Å²) in [6.07, 6.45) is 0. The van der Waals surface area contributed by atoms with E-state index >= 15 is 0 Å². The molecule has 0 bridgehead atoms. The maximum atomic E-state index is 9.66. The fourth-order valence-corrected chi connectivity index (χ4v) is 1.34. The van der Waals surface area contributed by atoms with E-state index in [1.54, 1.807) is 6.07 Å². The molecule has 0 spiro atoms. The number of rotatable bonds is 5. The van der Waals surface area contributed by atoms with E-state index in [-0.39, 0.29) is 12.5 Å². The Hall–Kier alpha value is -1.22. The minimum Gasteiger partial charge on any atom is -0.504 e. The van der Waals surface area contributed by atoms with Crippen molar-refractivity contribution in [2.24, 2.45) is 0 Å². The van der Waals surface area contributed by atoms with Gasteiger partial charge < -0.3 is 14.6 Å².